The highest BCUT2D eigenvalue weighted by molar-refractivity contribution is 6.03. The Morgan fingerprint density at radius 3 is 2.48 bits per heavy atom. The minimum atomic E-state index is -0.0625. The van der Waals surface area contributed by atoms with Gasteiger partial charge in [0.2, 0.25) is 0 Å². The van der Waals surface area contributed by atoms with Gasteiger partial charge in [-0.25, -0.2) is 0 Å². The van der Waals surface area contributed by atoms with Crippen LogP contribution in [-0.2, 0) is 12.8 Å². The Hall–Kier alpha value is -2.73. The number of fused-ring (bicyclic) bond motifs is 4. The third-order valence-corrected chi connectivity index (χ3v) is 7.95. The molecule has 5 rings (SSSR count). The van der Waals surface area contributed by atoms with Crippen LogP contribution in [0.4, 0.5) is 0 Å². The highest BCUT2D eigenvalue weighted by Gasteiger charge is 2.39. The van der Waals surface area contributed by atoms with Crippen molar-refractivity contribution in [2.24, 2.45) is 16.8 Å². The number of hydrogen-bond donors (Lipinski definition) is 2. The minimum Gasteiger partial charge on any atom is -0.504 e. The summed E-state index contributed by atoms with van der Waals surface area (Å²) in [5.41, 5.74) is 5.90. The molecule has 3 unspecified atom stereocenters. The zero-order valence-corrected chi connectivity index (χ0v) is 19.8. The molecule has 0 spiro atoms. The van der Waals surface area contributed by atoms with Crippen LogP contribution in [0.5, 0.6) is 23.0 Å². The van der Waals surface area contributed by atoms with Crippen LogP contribution in [-0.4, -0.2) is 54.7 Å². The van der Waals surface area contributed by atoms with Crippen LogP contribution in [0.3, 0.4) is 0 Å². The first-order valence-corrected chi connectivity index (χ1v) is 12.1. The van der Waals surface area contributed by atoms with Gasteiger partial charge in [-0.3, -0.25) is 9.89 Å². The Morgan fingerprint density at radius 2 is 1.73 bits per heavy atom. The molecule has 176 valence electrons. The maximum absolute atomic E-state index is 10.1. The first-order valence-electron chi connectivity index (χ1n) is 12.1. The number of methoxy groups -OCH3 is 2. The fraction of sp³-hybridized carbons (Fsp3) is 0.519. The number of aliphatic imine (C=N–C) groups is 1. The SMILES string of the molecule is CCC1CN2CCc3cc(OC)c(OC)cc3C2CC1CC1=NCCc2cc(O)c(O)cc21. The lowest BCUT2D eigenvalue weighted by molar-refractivity contribution is 0.0546. The van der Waals surface area contributed by atoms with Crippen LogP contribution in [0.25, 0.3) is 0 Å². The van der Waals surface area contributed by atoms with Gasteiger partial charge in [-0.15, -0.1) is 0 Å². The molecule has 0 saturated carbocycles. The van der Waals surface area contributed by atoms with Crippen LogP contribution < -0.4 is 9.47 Å². The molecule has 3 heterocycles. The second-order valence-electron chi connectivity index (χ2n) is 9.61. The maximum Gasteiger partial charge on any atom is 0.161 e. The highest BCUT2D eigenvalue weighted by Crippen LogP contribution is 2.46. The molecule has 3 aliphatic rings. The van der Waals surface area contributed by atoms with Crippen molar-refractivity contribution in [3.05, 3.63) is 46.5 Å². The van der Waals surface area contributed by atoms with E-state index in [0.29, 0.717) is 17.9 Å². The molecule has 1 fully saturated rings. The molecule has 0 amide bonds. The number of nitrogens with zero attached hydrogens (tertiary/aromatic N) is 2. The summed E-state index contributed by atoms with van der Waals surface area (Å²) >= 11 is 0. The fourth-order valence-electron chi connectivity index (χ4n) is 6.13. The van der Waals surface area contributed by atoms with Gasteiger partial charge in [0, 0.05) is 37.0 Å². The van der Waals surface area contributed by atoms with Gasteiger partial charge in [0.15, 0.2) is 23.0 Å². The smallest absolute Gasteiger partial charge is 0.161 e. The number of benzene rings is 2. The number of phenols is 2. The van der Waals surface area contributed by atoms with Gasteiger partial charge in [-0.2, -0.15) is 0 Å². The van der Waals surface area contributed by atoms with E-state index in [1.54, 1.807) is 26.4 Å². The second-order valence-corrected chi connectivity index (χ2v) is 9.61. The Kier molecular flexibility index (Phi) is 5.95. The van der Waals surface area contributed by atoms with Crippen LogP contribution in [0.1, 0.15) is 54.5 Å². The minimum absolute atomic E-state index is 0.0436. The van der Waals surface area contributed by atoms with Gasteiger partial charge < -0.3 is 19.7 Å². The van der Waals surface area contributed by atoms with Crippen molar-refractivity contribution in [1.29, 1.82) is 0 Å². The van der Waals surface area contributed by atoms with Crippen molar-refractivity contribution >= 4 is 5.71 Å². The summed E-state index contributed by atoms with van der Waals surface area (Å²) in [7, 11) is 3.40. The maximum atomic E-state index is 10.1. The van der Waals surface area contributed by atoms with Gasteiger partial charge in [-0.05, 0) is 78.5 Å². The lowest BCUT2D eigenvalue weighted by Crippen LogP contribution is -2.46. The molecule has 0 aromatic heterocycles. The summed E-state index contributed by atoms with van der Waals surface area (Å²) in [6.07, 6.45) is 4.98. The van der Waals surface area contributed by atoms with Crippen LogP contribution >= 0.6 is 0 Å². The lowest BCUT2D eigenvalue weighted by atomic mass is 9.73. The van der Waals surface area contributed by atoms with E-state index in [1.807, 2.05) is 0 Å². The summed E-state index contributed by atoms with van der Waals surface area (Å²) in [6.45, 7) is 5.21. The normalized spacial score (nSPS) is 24.3. The molecule has 2 aromatic carbocycles. The number of hydrogen-bond acceptors (Lipinski definition) is 6. The third kappa shape index (κ3) is 3.95. The van der Waals surface area contributed by atoms with E-state index in [1.165, 1.54) is 11.1 Å². The van der Waals surface area contributed by atoms with Gasteiger partial charge in [0.1, 0.15) is 0 Å². The number of aromatic hydroxyl groups is 2. The van der Waals surface area contributed by atoms with Crippen molar-refractivity contribution in [2.75, 3.05) is 33.9 Å². The molecule has 0 bridgehead atoms. The highest BCUT2D eigenvalue weighted by atomic mass is 16.5. The van der Waals surface area contributed by atoms with E-state index in [-0.39, 0.29) is 11.5 Å². The first-order chi connectivity index (χ1) is 16.0. The first kappa shape index (κ1) is 22.1. The Labute approximate surface area is 195 Å². The summed E-state index contributed by atoms with van der Waals surface area (Å²) in [6, 6.07) is 8.12. The molecule has 3 aliphatic heterocycles. The molecule has 33 heavy (non-hydrogen) atoms. The molecule has 2 N–H and O–H groups in total. The van der Waals surface area contributed by atoms with E-state index in [9.17, 15) is 10.2 Å². The van der Waals surface area contributed by atoms with Crippen LogP contribution in [0, 0.1) is 11.8 Å². The quantitative estimate of drug-likeness (QED) is 0.657. The number of phenolic OH excluding ortho intramolecular Hbond substituents is 2. The fourth-order valence-corrected chi connectivity index (χ4v) is 6.13. The molecular weight excluding hydrogens is 416 g/mol. The predicted octanol–water partition coefficient (Wildman–Crippen LogP) is 4.50. The predicted molar refractivity (Wildman–Crippen MR) is 129 cm³/mol. The lowest BCUT2D eigenvalue weighted by Gasteiger charge is -2.47. The molecule has 0 aliphatic carbocycles. The third-order valence-electron chi connectivity index (χ3n) is 7.95. The van der Waals surface area contributed by atoms with Crippen molar-refractivity contribution < 1.29 is 19.7 Å². The Balaban J connectivity index is 1.45. The molecule has 6 heteroatoms. The van der Waals surface area contributed by atoms with Crippen molar-refractivity contribution in [1.82, 2.24) is 4.90 Å². The van der Waals surface area contributed by atoms with Gasteiger partial charge in [0.05, 0.1) is 14.2 Å². The number of rotatable bonds is 5. The molecule has 2 aromatic rings. The van der Waals surface area contributed by atoms with E-state index in [2.05, 4.69) is 24.0 Å². The van der Waals surface area contributed by atoms with Crippen LogP contribution in [0.15, 0.2) is 29.3 Å². The van der Waals surface area contributed by atoms with Crippen molar-refractivity contribution in [2.45, 2.75) is 45.1 Å². The second kappa shape index (κ2) is 8.90. The van der Waals surface area contributed by atoms with E-state index in [4.69, 9.17) is 14.5 Å². The molecule has 1 saturated heterocycles. The molecular formula is C27H34N2O4. The van der Waals surface area contributed by atoms with Crippen LogP contribution in [0.2, 0.25) is 0 Å². The standard InChI is InChI=1S/C27H34N2O4/c1-4-16-15-29-8-6-18-12-26(32-2)27(33-3)14-21(18)23(29)10-19(16)9-22-20-13-25(31)24(30)11-17(20)5-7-28-22/h11-14,16,19,23,30-31H,4-10,15H2,1-3H3. The summed E-state index contributed by atoms with van der Waals surface area (Å²) in [4.78, 5) is 7.53. The van der Waals surface area contributed by atoms with E-state index >= 15 is 0 Å². The van der Waals surface area contributed by atoms with Crippen molar-refractivity contribution in [3.63, 3.8) is 0 Å². The average molecular weight is 451 g/mol. The van der Waals surface area contributed by atoms with Gasteiger partial charge >= 0.3 is 0 Å². The van der Waals surface area contributed by atoms with E-state index in [0.717, 1.165) is 80.1 Å². The summed E-state index contributed by atoms with van der Waals surface area (Å²) in [5.74, 6) is 2.62. The average Bonchev–Trinajstić information content (AvgIpc) is 2.83. The Morgan fingerprint density at radius 1 is 0.970 bits per heavy atom. The molecule has 6 nitrogen and oxygen atoms in total. The largest absolute Gasteiger partial charge is 0.504 e. The number of ether oxygens (including phenoxy) is 2. The summed E-state index contributed by atoms with van der Waals surface area (Å²) < 4.78 is 11.2. The zero-order chi connectivity index (χ0) is 23.1. The summed E-state index contributed by atoms with van der Waals surface area (Å²) in [5, 5.41) is 20.1. The van der Waals surface area contributed by atoms with Crippen molar-refractivity contribution in [3.8, 4) is 23.0 Å². The molecule has 3 atom stereocenters. The Bertz CT molecular complexity index is 1080. The molecule has 0 radical (unpaired) electrons. The number of piperidine rings is 1. The van der Waals surface area contributed by atoms with Gasteiger partial charge in [-0.1, -0.05) is 13.3 Å². The zero-order valence-electron chi connectivity index (χ0n) is 19.8. The van der Waals surface area contributed by atoms with E-state index < -0.39 is 0 Å². The monoisotopic (exact) mass is 450 g/mol. The van der Waals surface area contributed by atoms with Gasteiger partial charge in [0.25, 0.3) is 0 Å². The topological polar surface area (TPSA) is 74.5 Å².